The molecule has 0 atom stereocenters. The fraction of sp³-hybridized carbons (Fsp3) is 0.647. The van der Waals surface area contributed by atoms with Crippen LogP contribution in [0.15, 0.2) is 35.7 Å². The highest BCUT2D eigenvalue weighted by Gasteiger charge is 2.54. The predicted molar refractivity (Wildman–Crippen MR) is 76.5 cm³/mol. The van der Waals surface area contributed by atoms with E-state index in [1.54, 1.807) is 0 Å². The van der Waals surface area contributed by atoms with Crippen LogP contribution in [0.4, 0.5) is 0 Å². The van der Waals surface area contributed by atoms with E-state index in [4.69, 9.17) is 0 Å². The molecule has 4 bridgehead atoms. The predicted octanol–water partition coefficient (Wildman–Crippen LogP) is 3.02. The van der Waals surface area contributed by atoms with Gasteiger partial charge < -0.3 is 5.21 Å². The van der Waals surface area contributed by atoms with E-state index in [-0.39, 0.29) is 5.41 Å². The zero-order valence-electron chi connectivity index (χ0n) is 11.9. The maximum atomic E-state index is 9.62. The minimum atomic E-state index is 0.201. The molecule has 4 aliphatic rings. The molecule has 106 valence electrons. The van der Waals surface area contributed by atoms with Crippen LogP contribution in [0.25, 0.3) is 0 Å². The van der Waals surface area contributed by atoms with Gasteiger partial charge in [-0.2, -0.15) is 4.57 Å². The second kappa shape index (κ2) is 4.57. The third-order valence-corrected chi connectivity index (χ3v) is 5.88. The molecule has 1 aromatic rings. The van der Waals surface area contributed by atoms with Gasteiger partial charge in [0.05, 0.1) is 0 Å². The lowest BCUT2D eigenvalue weighted by Crippen LogP contribution is -2.53. The van der Waals surface area contributed by atoms with Gasteiger partial charge in [-0.15, -0.1) is 0 Å². The van der Waals surface area contributed by atoms with E-state index in [1.807, 2.05) is 18.2 Å². The Morgan fingerprint density at radius 3 is 2.05 bits per heavy atom. The van der Waals surface area contributed by atoms with Gasteiger partial charge in [-0.3, -0.25) is 0 Å². The quantitative estimate of drug-likeness (QED) is 0.390. The third kappa shape index (κ3) is 1.95. The van der Waals surface area contributed by atoms with E-state index in [9.17, 15) is 5.21 Å². The molecule has 4 fully saturated rings. The van der Waals surface area contributed by atoms with Crippen LogP contribution in [0.2, 0.25) is 0 Å². The highest BCUT2D eigenvalue weighted by atomic mass is 16.4. The molecule has 0 unspecified atom stereocenters. The summed E-state index contributed by atoms with van der Waals surface area (Å²) < 4.78 is 2.13. The first-order valence-electron chi connectivity index (χ1n) is 7.93. The van der Waals surface area contributed by atoms with Crippen LogP contribution in [0, 0.1) is 23.2 Å². The maximum absolute atomic E-state index is 9.62. The molecule has 0 aromatic carbocycles. The van der Waals surface area contributed by atoms with Gasteiger partial charge in [-0.05, 0) is 56.3 Å². The van der Waals surface area contributed by atoms with Crippen molar-refractivity contribution in [2.75, 3.05) is 0 Å². The Hall–Kier alpha value is -1.38. The second-order valence-corrected chi connectivity index (χ2v) is 7.29. The number of nitrogens with zero attached hydrogens (tertiary/aromatic N) is 2. The Morgan fingerprint density at radius 2 is 1.55 bits per heavy atom. The van der Waals surface area contributed by atoms with Gasteiger partial charge in [0.2, 0.25) is 0 Å². The Kier molecular flexibility index (Phi) is 2.83. The molecule has 4 aliphatic carbocycles. The van der Waals surface area contributed by atoms with Crippen molar-refractivity contribution in [2.45, 2.75) is 45.1 Å². The summed E-state index contributed by atoms with van der Waals surface area (Å²) in [4.78, 5) is 0. The standard InChI is InChI=1S/C17H22N2O/c20-18-16(12-19-4-2-1-3-5-19)17-9-13-6-14(10-17)8-15(7-13)11-17/h1-5,13-15H,6-12H2/p+1/b18-16+. The molecule has 1 N–H and O–H groups in total. The second-order valence-electron chi connectivity index (χ2n) is 7.29. The zero-order valence-corrected chi connectivity index (χ0v) is 11.9. The molecule has 20 heavy (non-hydrogen) atoms. The Balaban J connectivity index is 1.62. The minimum absolute atomic E-state index is 0.201. The molecule has 1 heterocycles. The van der Waals surface area contributed by atoms with Crippen LogP contribution in [0.3, 0.4) is 0 Å². The number of pyridine rings is 1. The summed E-state index contributed by atoms with van der Waals surface area (Å²) in [6.07, 6.45) is 12.2. The molecule has 0 saturated heterocycles. The average Bonchev–Trinajstić information content (AvgIpc) is 2.44. The van der Waals surface area contributed by atoms with Gasteiger partial charge >= 0.3 is 0 Å². The molecule has 0 radical (unpaired) electrons. The lowest BCUT2D eigenvalue weighted by atomic mass is 9.48. The van der Waals surface area contributed by atoms with Crippen molar-refractivity contribution in [1.29, 1.82) is 0 Å². The van der Waals surface area contributed by atoms with Crippen LogP contribution in [0.5, 0.6) is 0 Å². The van der Waals surface area contributed by atoms with Crippen LogP contribution in [-0.2, 0) is 6.54 Å². The van der Waals surface area contributed by atoms with E-state index in [0.29, 0.717) is 0 Å². The van der Waals surface area contributed by atoms with Crippen LogP contribution >= 0.6 is 0 Å². The monoisotopic (exact) mass is 271 g/mol. The summed E-state index contributed by atoms with van der Waals surface area (Å²) in [5.74, 6) is 2.66. The summed E-state index contributed by atoms with van der Waals surface area (Å²) in [7, 11) is 0. The molecule has 4 saturated carbocycles. The summed E-state index contributed by atoms with van der Waals surface area (Å²) in [6.45, 7) is 0.740. The molecule has 0 aliphatic heterocycles. The van der Waals surface area contributed by atoms with E-state index in [0.717, 1.165) is 30.0 Å². The van der Waals surface area contributed by atoms with E-state index in [2.05, 4.69) is 22.1 Å². The first kappa shape index (κ1) is 12.4. The number of hydrogen-bond acceptors (Lipinski definition) is 2. The van der Waals surface area contributed by atoms with Crippen molar-refractivity contribution in [3.05, 3.63) is 30.6 Å². The fourth-order valence-corrected chi connectivity index (χ4v) is 5.48. The lowest BCUT2D eigenvalue weighted by molar-refractivity contribution is -0.682. The fourth-order valence-electron chi connectivity index (χ4n) is 5.48. The molecule has 3 nitrogen and oxygen atoms in total. The van der Waals surface area contributed by atoms with E-state index >= 15 is 0 Å². The summed E-state index contributed by atoms with van der Waals surface area (Å²) in [6, 6.07) is 6.10. The van der Waals surface area contributed by atoms with Gasteiger partial charge in [-0.1, -0.05) is 11.2 Å². The van der Waals surface area contributed by atoms with Gasteiger partial charge in [0, 0.05) is 17.5 Å². The first-order valence-corrected chi connectivity index (χ1v) is 7.93. The van der Waals surface area contributed by atoms with Crippen molar-refractivity contribution in [1.82, 2.24) is 0 Å². The van der Waals surface area contributed by atoms with Gasteiger partial charge in [0.25, 0.3) is 0 Å². The molecule has 0 spiro atoms. The van der Waals surface area contributed by atoms with Crippen molar-refractivity contribution >= 4 is 5.71 Å². The zero-order chi connectivity index (χ0) is 13.6. The van der Waals surface area contributed by atoms with Crippen molar-refractivity contribution in [2.24, 2.45) is 28.3 Å². The van der Waals surface area contributed by atoms with Gasteiger partial charge in [0.15, 0.2) is 18.9 Å². The van der Waals surface area contributed by atoms with Crippen molar-refractivity contribution in [3.63, 3.8) is 0 Å². The Bertz CT molecular complexity index is 488. The molecule has 3 heteroatoms. The molecular weight excluding hydrogens is 248 g/mol. The largest absolute Gasteiger partial charge is 0.411 e. The SMILES string of the molecule is O/N=C(\C[n+]1ccccc1)C12CC3CC(CC(C3)C1)C2. The Labute approximate surface area is 120 Å². The van der Waals surface area contributed by atoms with Crippen LogP contribution < -0.4 is 4.57 Å². The van der Waals surface area contributed by atoms with Crippen molar-refractivity contribution in [3.8, 4) is 0 Å². The number of oxime groups is 1. The number of aromatic nitrogens is 1. The average molecular weight is 271 g/mol. The maximum Gasteiger partial charge on any atom is 0.190 e. The molecule has 1 aromatic heterocycles. The van der Waals surface area contributed by atoms with Gasteiger partial charge in [-0.25, -0.2) is 0 Å². The summed E-state index contributed by atoms with van der Waals surface area (Å²) in [5, 5.41) is 13.4. The molecule has 5 rings (SSSR count). The summed E-state index contributed by atoms with van der Waals surface area (Å²) >= 11 is 0. The third-order valence-electron chi connectivity index (χ3n) is 5.88. The van der Waals surface area contributed by atoms with E-state index in [1.165, 1.54) is 38.5 Å². The topological polar surface area (TPSA) is 36.5 Å². The highest BCUT2D eigenvalue weighted by Crippen LogP contribution is 2.60. The highest BCUT2D eigenvalue weighted by molar-refractivity contribution is 5.89. The van der Waals surface area contributed by atoms with Crippen LogP contribution in [0.1, 0.15) is 38.5 Å². The first-order chi connectivity index (χ1) is 9.77. The van der Waals surface area contributed by atoms with Crippen molar-refractivity contribution < 1.29 is 9.77 Å². The van der Waals surface area contributed by atoms with E-state index < -0.39 is 0 Å². The normalized spacial score (nSPS) is 39.2. The molecular formula is C17H23N2O+. The number of hydrogen-bond donors (Lipinski definition) is 1. The lowest BCUT2D eigenvalue weighted by Gasteiger charge is -2.56. The Morgan fingerprint density at radius 1 is 1.00 bits per heavy atom. The minimum Gasteiger partial charge on any atom is -0.411 e. The summed E-state index contributed by atoms with van der Waals surface area (Å²) in [5.41, 5.74) is 1.22. The number of rotatable bonds is 3. The smallest absolute Gasteiger partial charge is 0.190 e. The van der Waals surface area contributed by atoms with Gasteiger partial charge in [0.1, 0.15) is 5.71 Å². The van der Waals surface area contributed by atoms with Crippen LogP contribution in [-0.4, -0.2) is 10.9 Å². The molecule has 0 amide bonds.